The lowest BCUT2D eigenvalue weighted by atomic mass is 10.0. The zero-order chi connectivity index (χ0) is 22.5. The van der Waals surface area contributed by atoms with Crippen molar-refractivity contribution in [2.24, 2.45) is 4.99 Å². The fourth-order valence-corrected chi connectivity index (χ4v) is 7.79. The molecule has 0 saturated carbocycles. The summed E-state index contributed by atoms with van der Waals surface area (Å²) in [5, 5.41) is 1.77. The highest BCUT2D eigenvalue weighted by Crippen LogP contribution is 2.51. The van der Waals surface area contributed by atoms with Crippen molar-refractivity contribution >= 4 is 23.8 Å². The molecule has 0 N–H and O–H groups in total. The van der Waals surface area contributed by atoms with Gasteiger partial charge in [0.25, 0.3) is 0 Å². The van der Waals surface area contributed by atoms with Crippen LogP contribution in [0.1, 0.15) is 30.9 Å². The van der Waals surface area contributed by atoms with E-state index in [1.54, 1.807) is 0 Å². The Morgan fingerprint density at radius 1 is 0.848 bits per heavy atom. The van der Waals surface area contributed by atoms with Gasteiger partial charge in [-0.05, 0) is 48.7 Å². The standard InChI is InChI=1S/C28H29N2O2P/c31-33(25-15-6-2-7-16-25,26-17-8-3-9-18-26)30-21-11-10-14-24(30)19-20-28-29-27(22-32-28)23-12-4-1-5-13-23/h1-9,12-13,15-20,24,27H,10-11,14,21-22H2/b20-19+/t24-,27+/m0/s1. The van der Waals surface area contributed by atoms with Gasteiger partial charge in [0.15, 0.2) is 0 Å². The van der Waals surface area contributed by atoms with Crippen LogP contribution in [0.3, 0.4) is 0 Å². The zero-order valence-electron chi connectivity index (χ0n) is 18.7. The smallest absolute Gasteiger partial charge is 0.209 e. The Morgan fingerprint density at radius 3 is 2.09 bits per heavy atom. The fraction of sp³-hybridized carbons (Fsp3) is 0.250. The maximum absolute atomic E-state index is 14.8. The predicted molar refractivity (Wildman–Crippen MR) is 136 cm³/mol. The normalized spacial score (nSPS) is 21.6. The first kappa shape index (κ1) is 21.9. The molecular formula is C28H29N2O2P. The molecule has 2 heterocycles. The molecule has 2 atom stereocenters. The number of rotatable bonds is 6. The van der Waals surface area contributed by atoms with E-state index < -0.39 is 7.29 Å². The molecule has 4 nitrogen and oxygen atoms in total. The highest BCUT2D eigenvalue weighted by Gasteiger charge is 2.39. The van der Waals surface area contributed by atoms with Gasteiger partial charge in [0, 0.05) is 23.2 Å². The Bertz CT molecular complexity index is 1120. The molecule has 168 valence electrons. The van der Waals surface area contributed by atoms with Crippen molar-refractivity contribution in [2.45, 2.75) is 31.3 Å². The van der Waals surface area contributed by atoms with E-state index >= 15 is 0 Å². The number of aliphatic imine (C=N–C) groups is 1. The minimum Gasteiger partial charge on any atom is -0.475 e. The number of piperidine rings is 1. The summed E-state index contributed by atoms with van der Waals surface area (Å²) in [6.45, 7) is 1.36. The molecule has 2 aliphatic rings. The summed E-state index contributed by atoms with van der Waals surface area (Å²) in [6.07, 6.45) is 7.25. The third-order valence-corrected chi connectivity index (χ3v) is 9.63. The first-order chi connectivity index (χ1) is 16.2. The first-order valence-corrected chi connectivity index (χ1v) is 13.3. The van der Waals surface area contributed by atoms with Crippen LogP contribution in [0.25, 0.3) is 0 Å². The van der Waals surface area contributed by atoms with E-state index in [9.17, 15) is 4.57 Å². The third-order valence-electron chi connectivity index (χ3n) is 6.41. The second-order valence-electron chi connectivity index (χ2n) is 8.54. The number of hydrogen-bond acceptors (Lipinski definition) is 3. The minimum atomic E-state index is -2.98. The monoisotopic (exact) mass is 456 g/mol. The van der Waals surface area contributed by atoms with Gasteiger partial charge in [-0.1, -0.05) is 79.2 Å². The van der Waals surface area contributed by atoms with E-state index in [2.05, 4.69) is 22.9 Å². The summed E-state index contributed by atoms with van der Waals surface area (Å²) < 4.78 is 22.9. The Hall–Kier alpha value is -2.94. The van der Waals surface area contributed by atoms with Crippen molar-refractivity contribution in [3.05, 3.63) is 109 Å². The van der Waals surface area contributed by atoms with Crippen molar-refractivity contribution in [1.29, 1.82) is 0 Å². The minimum absolute atomic E-state index is 0.0352. The van der Waals surface area contributed by atoms with E-state index in [1.165, 1.54) is 0 Å². The second-order valence-corrected chi connectivity index (χ2v) is 11.2. The van der Waals surface area contributed by atoms with Crippen molar-refractivity contribution in [3.8, 4) is 0 Å². The lowest BCUT2D eigenvalue weighted by molar-refractivity contribution is 0.294. The Kier molecular flexibility index (Phi) is 6.57. The van der Waals surface area contributed by atoms with E-state index in [0.717, 1.165) is 42.0 Å². The molecule has 33 heavy (non-hydrogen) atoms. The van der Waals surface area contributed by atoms with Crippen molar-refractivity contribution in [1.82, 2.24) is 4.67 Å². The number of hydrogen-bond donors (Lipinski definition) is 0. The lowest BCUT2D eigenvalue weighted by Crippen LogP contribution is -2.41. The van der Waals surface area contributed by atoms with Crippen molar-refractivity contribution in [3.63, 3.8) is 0 Å². The molecule has 5 rings (SSSR count). The molecule has 1 saturated heterocycles. The van der Waals surface area contributed by atoms with Gasteiger partial charge in [-0.15, -0.1) is 0 Å². The van der Waals surface area contributed by atoms with Gasteiger partial charge < -0.3 is 4.74 Å². The van der Waals surface area contributed by atoms with E-state index in [4.69, 9.17) is 9.73 Å². The summed E-state index contributed by atoms with van der Waals surface area (Å²) in [5.74, 6) is 0.656. The van der Waals surface area contributed by atoms with Crippen LogP contribution in [0, 0.1) is 0 Å². The van der Waals surface area contributed by atoms with E-state index in [0.29, 0.717) is 12.5 Å². The van der Waals surface area contributed by atoms with Gasteiger partial charge in [0.05, 0.1) is 0 Å². The maximum atomic E-state index is 14.8. The molecule has 0 aromatic heterocycles. The van der Waals surface area contributed by atoms with Crippen LogP contribution < -0.4 is 10.6 Å². The van der Waals surface area contributed by atoms with E-state index in [1.807, 2.05) is 84.9 Å². The number of ether oxygens (including phenoxy) is 1. The van der Waals surface area contributed by atoms with Crippen molar-refractivity contribution < 1.29 is 9.30 Å². The lowest BCUT2D eigenvalue weighted by Gasteiger charge is -2.40. The summed E-state index contributed by atoms with van der Waals surface area (Å²) in [7, 11) is -2.98. The Labute approximate surface area is 196 Å². The molecule has 5 heteroatoms. The van der Waals surface area contributed by atoms with Crippen LogP contribution in [0.2, 0.25) is 0 Å². The third kappa shape index (κ3) is 4.59. The van der Waals surface area contributed by atoms with Crippen LogP contribution in [0.5, 0.6) is 0 Å². The second kappa shape index (κ2) is 9.91. The van der Waals surface area contributed by atoms with E-state index in [-0.39, 0.29) is 12.1 Å². The SMILES string of the molecule is O=P(c1ccccc1)(c1ccccc1)N1CCCC[C@H]1/C=C/C1=N[C@@H](c2ccccc2)CO1. The molecule has 2 aliphatic heterocycles. The topological polar surface area (TPSA) is 41.9 Å². The predicted octanol–water partition coefficient (Wildman–Crippen LogP) is 5.50. The van der Waals surface area contributed by atoms with Crippen molar-refractivity contribution in [2.75, 3.05) is 13.2 Å². The average Bonchev–Trinajstić information content (AvgIpc) is 3.38. The quantitative estimate of drug-likeness (QED) is 0.460. The van der Waals surface area contributed by atoms with Gasteiger partial charge in [-0.25, -0.2) is 9.66 Å². The highest BCUT2D eigenvalue weighted by molar-refractivity contribution is 7.76. The van der Waals surface area contributed by atoms with Crippen LogP contribution >= 0.6 is 7.29 Å². The molecule has 0 amide bonds. The molecule has 0 radical (unpaired) electrons. The molecule has 0 unspecified atom stereocenters. The van der Waals surface area contributed by atoms with Gasteiger partial charge >= 0.3 is 0 Å². The maximum Gasteiger partial charge on any atom is 0.209 e. The van der Waals surface area contributed by atoms with Gasteiger partial charge in [-0.3, -0.25) is 4.57 Å². The molecule has 0 spiro atoms. The summed E-state index contributed by atoms with van der Waals surface area (Å²) in [4.78, 5) is 4.77. The zero-order valence-corrected chi connectivity index (χ0v) is 19.6. The molecule has 3 aromatic carbocycles. The van der Waals surface area contributed by atoms with Gasteiger partial charge in [0.1, 0.15) is 12.6 Å². The molecule has 0 bridgehead atoms. The molecule has 3 aromatic rings. The molecule has 1 fully saturated rings. The van der Waals surface area contributed by atoms with Crippen LogP contribution in [0.4, 0.5) is 0 Å². The summed E-state index contributed by atoms with van der Waals surface area (Å²) in [5.41, 5.74) is 1.16. The van der Waals surface area contributed by atoms with Crippen LogP contribution in [0.15, 0.2) is 108 Å². The molecule has 0 aliphatic carbocycles. The Morgan fingerprint density at radius 2 is 1.45 bits per heavy atom. The first-order valence-electron chi connectivity index (χ1n) is 11.7. The van der Waals surface area contributed by atoms with Gasteiger partial charge in [-0.2, -0.15) is 0 Å². The largest absolute Gasteiger partial charge is 0.475 e. The average molecular weight is 457 g/mol. The number of benzene rings is 3. The summed E-state index contributed by atoms with van der Waals surface area (Å²) in [6, 6.07) is 30.2. The summed E-state index contributed by atoms with van der Waals surface area (Å²) >= 11 is 0. The van der Waals surface area contributed by atoms with Crippen LogP contribution in [-0.4, -0.2) is 29.8 Å². The van der Waals surface area contributed by atoms with Crippen LogP contribution in [-0.2, 0) is 9.30 Å². The number of nitrogens with zero attached hydrogens (tertiary/aromatic N) is 2. The molecular weight excluding hydrogens is 427 g/mol. The Balaban J connectivity index is 1.45. The highest BCUT2D eigenvalue weighted by atomic mass is 31.2. The van der Waals surface area contributed by atoms with Gasteiger partial charge in [0.2, 0.25) is 13.2 Å². The fourth-order valence-electron chi connectivity index (χ4n) is 4.72.